The standard InChI is InChI=1S/C14H16NP/c1-12(15)16(13-8-4-2-5-9-13)14-10-6-3-7-11-14/h2-12H,15H2,1H3. The molecule has 2 rings (SSSR count). The van der Waals surface area contributed by atoms with Crippen molar-refractivity contribution in [1.82, 2.24) is 0 Å². The Hall–Kier alpha value is -1.17. The minimum Gasteiger partial charge on any atom is -0.324 e. The summed E-state index contributed by atoms with van der Waals surface area (Å²) in [6, 6.07) is 21.1. The molecular formula is C14H16NP. The van der Waals surface area contributed by atoms with Crippen LogP contribution in [0.1, 0.15) is 6.92 Å². The summed E-state index contributed by atoms with van der Waals surface area (Å²) in [6.07, 6.45) is 0. The fourth-order valence-corrected chi connectivity index (χ4v) is 4.02. The van der Waals surface area contributed by atoms with E-state index in [4.69, 9.17) is 5.73 Å². The van der Waals surface area contributed by atoms with Crippen LogP contribution in [0.2, 0.25) is 0 Å². The van der Waals surface area contributed by atoms with E-state index in [9.17, 15) is 0 Å². The fourth-order valence-electron chi connectivity index (χ4n) is 1.80. The first-order chi connectivity index (χ1) is 7.79. The molecule has 0 saturated carbocycles. The first kappa shape index (κ1) is 11.3. The molecule has 0 radical (unpaired) electrons. The Labute approximate surface area is 98.1 Å². The zero-order chi connectivity index (χ0) is 11.4. The zero-order valence-corrected chi connectivity index (χ0v) is 10.3. The third-order valence-corrected chi connectivity index (χ3v) is 5.00. The van der Waals surface area contributed by atoms with Crippen molar-refractivity contribution in [2.45, 2.75) is 12.7 Å². The summed E-state index contributed by atoms with van der Waals surface area (Å²) in [5.74, 6) is 0.180. The van der Waals surface area contributed by atoms with Gasteiger partial charge < -0.3 is 5.73 Å². The lowest BCUT2D eigenvalue weighted by Crippen LogP contribution is -2.25. The first-order valence-electron chi connectivity index (χ1n) is 5.44. The Morgan fingerprint density at radius 3 is 1.50 bits per heavy atom. The Bertz CT molecular complexity index is 386. The van der Waals surface area contributed by atoms with E-state index in [2.05, 4.69) is 55.5 Å². The van der Waals surface area contributed by atoms with E-state index in [-0.39, 0.29) is 5.78 Å². The largest absolute Gasteiger partial charge is 0.324 e. The minimum atomic E-state index is -0.432. The SMILES string of the molecule is CC(N)P(c1ccccc1)c1ccccc1. The third kappa shape index (κ3) is 2.49. The van der Waals surface area contributed by atoms with Crippen LogP contribution in [-0.2, 0) is 0 Å². The smallest absolute Gasteiger partial charge is 0.0296 e. The van der Waals surface area contributed by atoms with E-state index in [1.165, 1.54) is 10.6 Å². The van der Waals surface area contributed by atoms with E-state index in [1.54, 1.807) is 0 Å². The highest BCUT2D eigenvalue weighted by Gasteiger charge is 2.16. The van der Waals surface area contributed by atoms with Crippen molar-refractivity contribution in [2.24, 2.45) is 5.73 Å². The van der Waals surface area contributed by atoms with Crippen molar-refractivity contribution in [3.05, 3.63) is 60.7 Å². The number of rotatable bonds is 3. The van der Waals surface area contributed by atoms with Gasteiger partial charge in [-0.25, -0.2) is 0 Å². The van der Waals surface area contributed by atoms with Crippen LogP contribution < -0.4 is 16.3 Å². The molecular weight excluding hydrogens is 213 g/mol. The second kappa shape index (κ2) is 5.25. The summed E-state index contributed by atoms with van der Waals surface area (Å²) in [7, 11) is -0.432. The molecule has 0 spiro atoms. The van der Waals surface area contributed by atoms with Crippen LogP contribution in [0.3, 0.4) is 0 Å². The van der Waals surface area contributed by atoms with Crippen LogP contribution in [-0.4, -0.2) is 5.78 Å². The van der Waals surface area contributed by atoms with E-state index < -0.39 is 7.92 Å². The van der Waals surface area contributed by atoms with Gasteiger partial charge >= 0.3 is 0 Å². The van der Waals surface area contributed by atoms with Gasteiger partial charge in [-0.15, -0.1) is 0 Å². The van der Waals surface area contributed by atoms with Crippen molar-refractivity contribution in [1.29, 1.82) is 0 Å². The van der Waals surface area contributed by atoms with Crippen molar-refractivity contribution in [3.8, 4) is 0 Å². The highest BCUT2D eigenvalue weighted by molar-refractivity contribution is 7.73. The molecule has 0 bridgehead atoms. The summed E-state index contributed by atoms with van der Waals surface area (Å²) < 4.78 is 0. The van der Waals surface area contributed by atoms with Crippen LogP contribution in [0.4, 0.5) is 0 Å². The van der Waals surface area contributed by atoms with E-state index >= 15 is 0 Å². The van der Waals surface area contributed by atoms with Gasteiger partial charge in [0, 0.05) is 5.78 Å². The lowest BCUT2D eigenvalue weighted by Gasteiger charge is -2.22. The van der Waals surface area contributed by atoms with Gasteiger partial charge in [0.25, 0.3) is 0 Å². The summed E-state index contributed by atoms with van der Waals surface area (Å²) in [6.45, 7) is 2.09. The molecule has 1 unspecified atom stereocenters. The molecule has 2 aromatic rings. The van der Waals surface area contributed by atoms with Crippen molar-refractivity contribution < 1.29 is 0 Å². The summed E-state index contributed by atoms with van der Waals surface area (Å²) >= 11 is 0. The van der Waals surface area contributed by atoms with Gasteiger partial charge in [-0.2, -0.15) is 0 Å². The topological polar surface area (TPSA) is 26.0 Å². The van der Waals surface area contributed by atoms with Gasteiger partial charge in [0.15, 0.2) is 0 Å². The second-order valence-electron chi connectivity index (χ2n) is 3.78. The number of nitrogens with two attached hydrogens (primary N) is 1. The zero-order valence-electron chi connectivity index (χ0n) is 9.38. The summed E-state index contributed by atoms with van der Waals surface area (Å²) in [4.78, 5) is 0. The minimum absolute atomic E-state index is 0.180. The second-order valence-corrected chi connectivity index (χ2v) is 6.37. The van der Waals surface area contributed by atoms with E-state index in [0.29, 0.717) is 0 Å². The van der Waals surface area contributed by atoms with E-state index in [1.807, 2.05) is 12.1 Å². The van der Waals surface area contributed by atoms with Gasteiger partial charge in [-0.05, 0) is 25.5 Å². The van der Waals surface area contributed by atoms with Gasteiger partial charge in [0.2, 0.25) is 0 Å². The average molecular weight is 229 g/mol. The third-order valence-electron chi connectivity index (χ3n) is 2.48. The maximum atomic E-state index is 6.13. The Morgan fingerprint density at radius 1 is 0.812 bits per heavy atom. The van der Waals surface area contributed by atoms with E-state index in [0.717, 1.165) is 0 Å². The molecule has 0 saturated heterocycles. The maximum absolute atomic E-state index is 6.13. The lowest BCUT2D eigenvalue weighted by molar-refractivity contribution is 1.04. The highest BCUT2D eigenvalue weighted by atomic mass is 31.1. The number of hydrogen-bond donors (Lipinski definition) is 1. The van der Waals surface area contributed by atoms with Gasteiger partial charge in [-0.3, -0.25) is 0 Å². The van der Waals surface area contributed by atoms with Gasteiger partial charge in [0.05, 0.1) is 0 Å². The van der Waals surface area contributed by atoms with Crippen LogP contribution in [0.15, 0.2) is 60.7 Å². The molecule has 2 heteroatoms. The summed E-state index contributed by atoms with van der Waals surface area (Å²) in [5, 5.41) is 2.69. The van der Waals surface area contributed by atoms with Crippen LogP contribution in [0.5, 0.6) is 0 Å². The van der Waals surface area contributed by atoms with Crippen LogP contribution >= 0.6 is 7.92 Å². The molecule has 0 fully saturated rings. The molecule has 82 valence electrons. The van der Waals surface area contributed by atoms with Crippen LogP contribution in [0.25, 0.3) is 0 Å². The molecule has 1 nitrogen and oxygen atoms in total. The van der Waals surface area contributed by atoms with Gasteiger partial charge in [0.1, 0.15) is 0 Å². The van der Waals surface area contributed by atoms with Crippen LogP contribution in [0, 0.1) is 0 Å². The van der Waals surface area contributed by atoms with Crippen molar-refractivity contribution in [2.75, 3.05) is 0 Å². The Morgan fingerprint density at radius 2 is 1.19 bits per heavy atom. The predicted octanol–water partition coefficient (Wildman–Crippen LogP) is 2.42. The average Bonchev–Trinajstić information content (AvgIpc) is 2.31. The molecule has 0 amide bonds. The van der Waals surface area contributed by atoms with Crippen molar-refractivity contribution in [3.63, 3.8) is 0 Å². The predicted molar refractivity (Wildman–Crippen MR) is 72.7 cm³/mol. The first-order valence-corrected chi connectivity index (χ1v) is 6.85. The molecule has 16 heavy (non-hydrogen) atoms. The highest BCUT2D eigenvalue weighted by Crippen LogP contribution is 2.36. The Kier molecular flexibility index (Phi) is 3.71. The molecule has 0 aromatic heterocycles. The fraction of sp³-hybridized carbons (Fsp3) is 0.143. The molecule has 0 aliphatic carbocycles. The molecule has 1 atom stereocenters. The van der Waals surface area contributed by atoms with Gasteiger partial charge in [-0.1, -0.05) is 60.7 Å². The monoisotopic (exact) mass is 229 g/mol. The lowest BCUT2D eigenvalue weighted by atomic mass is 10.4. The molecule has 0 aliphatic heterocycles. The molecule has 2 aromatic carbocycles. The normalized spacial score (nSPS) is 12.7. The maximum Gasteiger partial charge on any atom is 0.0296 e. The quantitative estimate of drug-likeness (QED) is 0.804. The molecule has 0 aliphatic rings. The summed E-state index contributed by atoms with van der Waals surface area (Å²) in [5.41, 5.74) is 6.13. The Balaban J connectivity index is 2.40. The van der Waals surface area contributed by atoms with Crippen molar-refractivity contribution >= 4 is 18.5 Å². The number of benzene rings is 2. The molecule has 0 heterocycles. The molecule has 2 N–H and O–H groups in total. The number of hydrogen-bond acceptors (Lipinski definition) is 1.